The first-order chi connectivity index (χ1) is 13.2. The van der Waals surface area contributed by atoms with Crippen LogP contribution < -0.4 is 0 Å². The molecule has 3 N–H and O–H groups in total. The van der Waals surface area contributed by atoms with Gasteiger partial charge >= 0.3 is 5.97 Å². The second-order valence-electron chi connectivity index (χ2n) is 11.4. The summed E-state index contributed by atoms with van der Waals surface area (Å²) in [6.45, 7) is 7.16. The van der Waals surface area contributed by atoms with Crippen molar-refractivity contribution in [3.8, 4) is 0 Å². The van der Waals surface area contributed by atoms with E-state index in [4.69, 9.17) is 5.11 Å². The van der Waals surface area contributed by atoms with Gasteiger partial charge in [-0.1, -0.05) is 20.8 Å². The van der Waals surface area contributed by atoms with Crippen LogP contribution in [0.25, 0.3) is 0 Å². The topological polar surface area (TPSA) is 77.8 Å². The maximum atomic E-state index is 11.2. The molecular weight excluding hydrogens is 352 g/mol. The van der Waals surface area contributed by atoms with Gasteiger partial charge in [-0.15, -0.1) is 0 Å². The van der Waals surface area contributed by atoms with Crippen molar-refractivity contribution < 1.29 is 20.1 Å². The van der Waals surface area contributed by atoms with E-state index >= 15 is 0 Å². The van der Waals surface area contributed by atoms with Crippen molar-refractivity contribution in [1.29, 1.82) is 0 Å². The van der Waals surface area contributed by atoms with E-state index < -0.39 is 5.97 Å². The van der Waals surface area contributed by atoms with Crippen LogP contribution in [0.15, 0.2) is 0 Å². The van der Waals surface area contributed by atoms with Crippen molar-refractivity contribution >= 4 is 5.97 Å². The average molecular weight is 393 g/mol. The molecule has 4 rings (SSSR count). The third-order valence-corrected chi connectivity index (χ3v) is 10.2. The molecule has 0 aromatic heterocycles. The van der Waals surface area contributed by atoms with Gasteiger partial charge in [0.1, 0.15) is 0 Å². The molecule has 1 unspecified atom stereocenters. The standard InChI is InChI=1S/C24H40O4/c1-14(4-7-21(27)28)17-5-6-18-22-19(9-11-24(17,18)3)23(2)10-8-16(25)12-15(23)13-20(22)26/h14-20,22,25-26H,4-13H2,1-3H3,(H,27,28)/t14-,15+,16-,17-,18+,19+,20?,22+,23+,24-/m1/s1. The molecule has 0 amide bonds. The number of carboxylic acid groups (broad SMARTS) is 1. The predicted molar refractivity (Wildman–Crippen MR) is 109 cm³/mol. The van der Waals surface area contributed by atoms with Gasteiger partial charge in [-0.2, -0.15) is 0 Å². The Labute approximate surface area is 170 Å². The van der Waals surface area contributed by atoms with Crippen LogP contribution in [0.3, 0.4) is 0 Å². The fraction of sp³-hybridized carbons (Fsp3) is 0.958. The summed E-state index contributed by atoms with van der Waals surface area (Å²) < 4.78 is 0. The van der Waals surface area contributed by atoms with Gasteiger partial charge in [-0.3, -0.25) is 4.79 Å². The van der Waals surface area contributed by atoms with Crippen LogP contribution >= 0.6 is 0 Å². The molecule has 28 heavy (non-hydrogen) atoms. The highest BCUT2D eigenvalue weighted by Gasteiger charge is 2.62. The summed E-state index contributed by atoms with van der Waals surface area (Å²) in [6.07, 6.45) is 9.19. The van der Waals surface area contributed by atoms with E-state index in [2.05, 4.69) is 20.8 Å². The molecule has 4 aliphatic rings. The fourth-order valence-electron chi connectivity index (χ4n) is 8.73. The Kier molecular flexibility index (Phi) is 5.36. The Morgan fingerprint density at radius 2 is 1.68 bits per heavy atom. The van der Waals surface area contributed by atoms with Crippen molar-refractivity contribution in [1.82, 2.24) is 0 Å². The van der Waals surface area contributed by atoms with E-state index in [9.17, 15) is 15.0 Å². The SMILES string of the molecule is C[C@H](CCC(=O)O)[C@H]1CC[C@H]2[C@@H]3C(O)C[C@@H]4C[C@H](O)CC[C@]4(C)[C@H]3CC[C@]12C. The molecule has 160 valence electrons. The van der Waals surface area contributed by atoms with Crippen molar-refractivity contribution in [2.24, 2.45) is 46.3 Å². The molecule has 10 atom stereocenters. The third kappa shape index (κ3) is 3.14. The summed E-state index contributed by atoms with van der Waals surface area (Å²) in [5, 5.41) is 30.5. The van der Waals surface area contributed by atoms with Crippen molar-refractivity contribution in [2.45, 2.75) is 97.2 Å². The van der Waals surface area contributed by atoms with Crippen molar-refractivity contribution in [3.63, 3.8) is 0 Å². The Bertz CT molecular complexity index is 605. The van der Waals surface area contributed by atoms with Gasteiger partial charge in [-0.25, -0.2) is 0 Å². The normalized spacial score (nSPS) is 51.7. The number of fused-ring (bicyclic) bond motifs is 5. The van der Waals surface area contributed by atoms with Crippen LogP contribution in [-0.2, 0) is 4.79 Å². The molecule has 0 saturated heterocycles. The number of aliphatic hydroxyl groups is 2. The van der Waals surface area contributed by atoms with E-state index in [0.717, 1.165) is 32.1 Å². The van der Waals surface area contributed by atoms with E-state index in [0.29, 0.717) is 35.5 Å². The fourth-order valence-corrected chi connectivity index (χ4v) is 8.73. The molecular formula is C24H40O4. The Morgan fingerprint density at radius 3 is 2.39 bits per heavy atom. The lowest BCUT2D eigenvalue weighted by Gasteiger charge is -2.62. The first-order valence-corrected chi connectivity index (χ1v) is 11.7. The largest absolute Gasteiger partial charge is 0.481 e. The highest BCUT2D eigenvalue weighted by atomic mass is 16.4. The molecule has 4 nitrogen and oxygen atoms in total. The Hall–Kier alpha value is -0.610. The van der Waals surface area contributed by atoms with E-state index in [-0.39, 0.29) is 29.5 Å². The highest BCUT2D eigenvalue weighted by Crippen LogP contribution is 2.68. The third-order valence-electron chi connectivity index (χ3n) is 10.2. The molecule has 0 heterocycles. The van der Waals surface area contributed by atoms with E-state index in [1.807, 2.05) is 0 Å². The van der Waals surface area contributed by atoms with Crippen LogP contribution in [0.4, 0.5) is 0 Å². The number of carbonyl (C=O) groups is 1. The second-order valence-corrected chi connectivity index (χ2v) is 11.4. The van der Waals surface area contributed by atoms with Gasteiger partial charge < -0.3 is 15.3 Å². The number of rotatable bonds is 4. The zero-order valence-electron chi connectivity index (χ0n) is 17.9. The molecule has 0 aliphatic heterocycles. The van der Waals surface area contributed by atoms with E-state index in [1.165, 1.54) is 25.7 Å². The predicted octanol–water partition coefficient (Wildman–Crippen LogP) is 4.48. The van der Waals surface area contributed by atoms with E-state index in [1.54, 1.807) is 0 Å². The maximum absolute atomic E-state index is 11.2. The molecule has 0 aromatic rings. The smallest absolute Gasteiger partial charge is 0.303 e. The first-order valence-electron chi connectivity index (χ1n) is 11.7. The monoisotopic (exact) mass is 392 g/mol. The van der Waals surface area contributed by atoms with Gasteiger partial charge in [-0.05, 0) is 104 Å². The molecule has 4 fully saturated rings. The molecule has 0 radical (unpaired) electrons. The first kappa shape index (κ1) is 20.7. The molecule has 0 bridgehead atoms. The Morgan fingerprint density at radius 1 is 1.00 bits per heavy atom. The molecule has 0 spiro atoms. The quantitative estimate of drug-likeness (QED) is 0.659. The van der Waals surface area contributed by atoms with Gasteiger partial charge in [0.25, 0.3) is 0 Å². The molecule has 4 heteroatoms. The summed E-state index contributed by atoms with van der Waals surface area (Å²) in [6, 6.07) is 0. The van der Waals surface area contributed by atoms with Crippen LogP contribution in [0, 0.1) is 46.3 Å². The zero-order valence-corrected chi connectivity index (χ0v) is 17.9. The second kappa shape index (κ2) is 7.27. The Balaban J connectivity index is 1.55. The lowest BCUT2D eigenvalue weighted by molar-refractivity contribution is -0.174. The number of carboxylic acids is 1. The van der Waals surface area contributed by atoms with Gasteiger partial charge in [0, 0.05) is 6.42 Å². The summed E-state index contributed by atoms with van der Waals surface area (Å²) in [5.41, 5.74) is 0.523. The molecule has 4 aliphatic carbocycles. The lowest BCUT2D eigenvalue weighted by atomic mass is 9.43. The summed E-state index contributed by atoms with van der Waals surface area (Å²) in [5.74, 6) is 2.36. The van der Waals surface area contributed by atoms with Gasteiger partial charge in [0.15, 0.2) is 0 Å². The van der Waals surface area contributed by atoms with Crippen molar-refractivity contribution in [2.75, 3.05) is 0 Å². The molecule has 4 saturated carbocycles. The summed E-state index contributed by atoms with van der Waals surface area (Å²) in [7, 11) is 0. The van der Waals surface area contributed by atoms with Crippen LogP contribution in [0.1, 0.15) is 85.0 Å². The van der Waals surface area contributed by atoms with Crippen LogP contribution in [0.2, 0.25) is 0 Å². The molecule has 0 aromatic carbocycles. The average Bonchev–Trinajstić information content (AvgIpc) is 2.98. The van der Waals surface area contributed by atoms with Crippen LogP contribution in [-0.4, -0.2) is 33.5 Å². The number of hydrogen-bond acceptors (Lipinski definition) is 3. The zero-order chi connectivity index (χ0) is 20.3. The number of aliphatic hydroxyl groups excluding tert-OH is 2. The number of aliphatic carboxylic acids is 1. The van der Waals surface area contributed by atoms with Crippen molar-refractivity contribution in [3.05, 3.63) is 0 Å². The summed E-state index contributed by atoms with van der Waals surface area (Å²) >= 11 is 0. The lowest BCUT2D eigenvalue weighted by Crippen LogP contribution is -2.58. The van der Waals surface area contributed by atoms with Gasteiger partial charge in [0.05, 0.1) is 12.2 Å². The van der Waals surface area contributed by atoms with Gasteiger partial charge in [0.2, 0.25) is 0 Å². The number of hydrogen-bond donors (Lipinski definition) is 3. The van der Waals surface area contributed by atoms with Crippen LogP contribution in [0.5, 0.6) is 0 Å². The maximum Gasteiger partial charge on any atom is 0.303 e. The minimum absolute atomic E-state index is 0.179. The minimum Gasteiger partial charge on any atom is -0.481 e. The minimum atomic E-state index is -0.684. The highest BCUT2D eigenvalue weighted by molar-refractivity contribution is 5.66. The summed E-state index contributed by atoms with van der Waals surface area (Å²) in [4.78, 5) is 11.1.